The standard InChI is InChI=1S/C30H36F2N8/c1-6-39-22-8-9-23(39)16-38(15-22)18(4)20-7-10-27(33-13-20)36-30-34-14-25(32)28(37-30)21-11-24(31)29-26(12-21)40(17(2)3)19(5)35-29/h7,10-14,17-18,22-23H,6,8-9,15-16H2,1-5H3,(H,33,34,36,37)/t18-,22?,23?/m1/s1. The number of hydrogen-bond donors (Lipinski definition) is 1. The molecule has 2 bridgehead atoms. The summed E-state index contributed by atoms with van der Waals surface area (Å²) >= 11 is 0. The topological polar surface area (TPSA) is 75.0 Å². The van der Waals surface area contributed by atoms with Gasteiger partial charge in [-0.25, -0.2) is 28.7 Å². The van der Waals surface area contributed by atoms with Crippen LogP contribution in [0, 0.1) is 18.6 Å². The zero-order valence-corrected chi connectivity index (χ0v) is 23.7. The fourth-order valence-corrected chi connectivity index (χ4v) is 6.59. The molecule has 3 atom stereocenters. The Morgan fingerprint density at radius 3 is 2.38 bits per heavy atom. The Labute approximate surface area is 233 Å². The maximum atomic E-state index is 15.0. The first-order valence-corrected chi connectivity index (χ1v) is 14.2. The van der Waals surface area contributed by atoms with Gasteiger partial charge in [-0.05, 0) is 70.8 Å². The number of anilines is 2. The fraction of sp³-hybridized carbons (Fsp3) is 0.467. The number of aromatic nitrogens is 5. The van der Waals surface area contributed by atoms with E-state index < -0.39 is 11.6 Å². The number of nitrogens with zero attached hydrogens (tertiary/aromatic N) is 7. The number of halogens is 2. The number of likely N-dealkylation sites (N-methyl/N-ethyl adjacent to an activating group) is 1. The largest absolute Gasteiger partial charge is 0.326 e. The van der Waals surface area contributed by atoms with Gasteiger partial charge >= 0.3 is 0 Å². The molecule has 2 fully saturated rings. The van der Waals surface area contributed by atoms with E-state index in [1.807, 2.05) is 37.6 Å². The lowest BCUT2D eigenvalue weighted by Crippen LogP contribution is -2.53. The smallest absolute Gasteiger partial charge is 0.229 e. The Morgan fingerprint density at radius 1 is 0.975 bits per heavy atom. The molecule has 1 aromatic carbocycles. The summed E-state index contributed by atoms with van der Waals surface area (Å²) in [6.07, 6.45) is 5.54. The molecule has 0 spiro atoms. The first-order valence-electron chi connectivity index (χ1n) is 14.2. The Hall–Kier alpha value is -3.50. The summed E-state index contributed by atoms with van der Waals surface area (Å²) in [6, 6.07) is 8.60. The van der Waals surface area contributed by atoms with E-state index in [4.69, 9.17) is 0 Å². The summed E-state index contributed by atoms with van der Waals surface area (Å²) < 4.78 is 31.8. The molecule has 10 heteroatoms. The van der Waals surface area contributed by atoms with Crippen molar-refractivity contribution < 1.29 is 8.78 Å². The third-order valence-electron chi connectivity index (χ3n) is 8.54. The number of piperazine rings is 1. The second-order valence-electron chi connectivity index (χ2n) is 11.3. The third-order valence-corrected chi connectivity index (χ3v) is 8.54. The maximum absolute atomic E-state index is 15.0. The van der Waals surface area contributed by atoms with Gasteiger partial charge in [-0.15, -0.1) is 0 Å². The van der Waals surface area contributed by atoms with Gasteiger partial charge in [0.05, 0.1) is 11.7 Å². The maximum Gasteiger partial charge on any atom is 0.229 e. The lowest BCUT2D eigenvalue weighted by atomic mass is 10.1. The van der Waals surface area contributed by atoms with Crippen LogP contribution >= 0.6 is 0 Å². The SMILES string of the molecule is CCN1C2CCC1CN([C@H](C)c1ccc(Nc3ncc(F)c(-c4cc(F)c5nc(C)n(C(C)C)c5c4)n3)nc1)C2. The van der Waals surface area contributed by atoms with Crippen LogP contribution in [-0.2, 0) is 0 Å². The van der Waals surface area contributed by atoms with Gasteiger partial charge in [-0.2, -0.15) is 0 Å². The van der Waals surface area contributed by atoms with Crippen molar-refractivity contribution in [2.75, 3.05) is 25.0 Å². The molecule has 5 heterocycles. The minimum atomic E-state index is -0.633. The average Bonchev–Trinajstić information content (AvgIpc) is 3.41. The summed E-state index contributed by atoms with van der Waals surface area (Å²) in [5.74, 6) is 0.292. The number of likely N-dealkylation sites (tertiary alicyclic amines) is 1. The highest BCUT2D eigenvalue weighted by molar-refractivity contribution is 5.83. The lowest BCUT2D eigenvalue weighted by molar-refractivity contribution is 0.0485. The number of fused-ring (bicyclic) bond motifs is 3. The van der Waals surface area contributed by atoms with Crippen molar-refractivity contribution in [3.8, 4) is 11.3 Å². The highest BCUT2D eigenvalue weighted by atomic mass is 19.1. The van der Waals surface area contributed by atoms with Gasteiger partial charge in [0.1, 0.15) is 22.9 Å². The van der Waals surface area contributed by atoms with Crippen LogP contribution in [0.15, 0.2) is 36.7 Å². The highest BCUT2D eigenvalue weighted by Gasteiger charge is 2.40. The Kier molecular flexibility index (Phi) is 7.00. The van der Waals surface area contributed by atoms with Crippen molar-refractivity contribution in [3.05, 3.63) is 59.7 Å². The Bertz CT molecular complexity index is 1520. The molecule has 0 aliphatic carbocycles. The Morgan fingerprint density at radius 2 is 1.73 bits per heavy atom. The van der Waals surface area contributed by atoms with Crippen molar-refractivity contribution in [2.24, 2.45) is 0 Å². The summed E-state index contributed by atoms with van der Waals surface area (Å²) in [7, 11) is 0. The van der Waals surface area contributed by atoms with Crippen LogP contribution in [0.2, 0.25) is 0 Å². The second kappa shape index (κ2) is 10.5. The predicted octanol–water partition coefficient (Wildman–Crippen LogP) is 6.03. The summed E-state index contributed by atoms with van der Waals surface area (Å²) in [6.45, 7) is 13.6. The average molecular weight is 547 g/mol. The molecular formula is C30H36F2N8. The van der Waals surface area contributed by atoms with E-state index >= 15 is 4.39 Å². The van der Waals surface area contributed by atoms with E-state index in [-0.39, 0.29) is 29.2 Å². The van der Waals surface area contributed by atoms with E-state index in [0.717, 1.165) is 31.4 Å². The van der Waals surface area contributed by atoms with Crippen molar-refractivity contribution >= 4 is 22.8 Å². The third kappa shape index (κ3) is 4.73. The molecule has 210 valence electrons. The number of hydrogen-bond acceptors (Lipinski definition) is 7. The number of nitrogens with one attached hydrogen (secondary N) is 1. The van der Waals surface area contributed by atoms with Crippen LogP contribution in [0.4, 0.5) is 20.5 Å². The molecular weight excluding hydrogens is 510 g/mol. The van der Waals surface area contributed by atoms with Crippen molar-refractivity contribution in [3.63, 3.8) is 0 Å². The predicted molar refractivity (Wildman–Crippen MR) is 152 cm³/mol. The van der Waals surface area contributed by atoms with Crippen molar-refractivity contribution in [1.82, 2.24) is 34.3 Å². The van der Waals surface area contributed by atoms with Gasteiger partial charge in [0.15, 0.2) is 11.6 Å². The molecule has 2 aliphatic rings. The number of imidazole rings is 1. The van der Waals surface area contributed by atoms with E-state index in [0.29, 0.717) is 34.8 Å². The van der Waals surface area contributed by atoms with Gasteiger partial charge in [0.25, 0.3) is 0 Å². The minimum absolute atomic E-state index is 0.0125. The van der Waals surface area contributed by atoms with Gasteiger partial charge < -0.3 is 9.88 Å². The number of aryl methyl sites for hydroxylation is 1. The van der Waals surface area contributed by atoms with E-state index in [1.54, 1.807) is 6.07 Å². The molecule has 6 rings (SSSR count). The van der Waals surface area contributed by atoms with Crippen molar-refractivity contribution in [1.29, 1.82) is 0 Å². The lowest BCUT2D eigenvalue weighted by Gasteiger charge is -2.43. The van der Waals surface area contributed by atoms with Crippen LogP contribution in [0.1, 0.15) is 64.0 Å². The fourth-order valence-electron chi connectivity index (χ4n) is 6.59. The Balaban J connectivity index is 1.21. The zero-order valence-electron chi connectivity index (χ0n) is 23.7. The molecule has 0 radical (unpaired) electrons. The van der Waals surface area contributed by atoms with E-state index in [9.17, 15) is 4.39 Å². The number of pyridine rings is 1. The summed E-state index contributed by atoms with van der Waals surface area (Å²) in [5.41, 5.74) is 2.35. The van der Waals surface area contributed by atoms with Gasteiger partial charge in [0, 0.05) is 49.0 Å². The molecule has 2 aliphatic heterocycles. The van der Waals surface area contributed by atoms with Crippen LogP contribution in [0.3, 0.4) is 0 Å². The number of rotatable bonds is 7. The summed E-state index contributed by atoms with van der Waals surface area (Å²) in [4.78, 5) is 22.7. The quantitative estimate of drug-likeness (QED) is 0.303. The molecule has 0 saturated carbocycles. The molecule has 3 aromatic heterocycles. The van der Waals surface area contributed by atoms with Crippen LogP contribution < -0.4 is 5.32 Å². The number of benzene rings is 1. The monoisotopic (exact) mass is 546 g/mol. The molecule has 2 saturated heterocycles. The molecule has 0 amide bonds. The van der Waals surface area contributed by atoms with E-state index in [1.165, 1.54) is 18.9 Å². The van der Waals surface area contributed by atoms with Crippen LogP contribution in [0.5, 0.6) is 0 Å². The van der Waals surface area contributed by atoms with Crippen molar-refractivity contribution in [2.45, 2.75) is 71.6 Å². The van der Waals surface area contributed by atoms with Gasteiger partial charge in [-0.1, -0.05) is 13.0 Å². The van der Waals surface area contributed by atoms with Crippen LogP contribution in [-0.4, -0.2) is 66.0 Å². The summed E-state index contributed by atoms with van der Waals surface area (Å²) in [5, 5.41) is 3.08. The zero-order chi connectivity index (χ0) is 28.1. The van der Waals surface area contributed by atoms with E-state index in [2.05, 4.69) is 55.0 Å². The minimum Gasteiger partial charge on any atom is -0.326 e. The first-order chi connectivity index (χ1) is 19.2. The molecule has 2 unspecified atom stereocenters. The molecule has 1 N–H and O–H groups in total. The van der Waals surface area contributed by atoms with Gasteiger partial charge in [-0.3, -0.25) is 9.80 Å². The van der Waals surface area contributed by atoms with Gasteiger partial charge in [0.2, 0.25) is 5.95 Å². The molecule has 4 aromatic rings. The molecule has 8 nitrogen and oxygen atoms in total. The normalized spacial score (nSPS) is 20.5. The first kappa shape index (κ1) is 26.7. The molecule has 40 heavy (non-hydrogen) atoms. The highest BCUT2D eigenvalue weighted by Crippen LogP contribution is 2.34. The van der Waals surface area contributed by atoms with Crippen LogP contribution in [0.25, 0.3) is 22.3 Å². The second-order valence-corrected chi connectivity index (χ2v) is 11.3.